The van der Waals surface area contributed by atoms with Crippen molar-refractivity contribution in [1.82, 2.24) is 9.99 Å². The number of nitrogens with zero attached hydrogens (tertiary/aromatic N) is 3. The fourth-order valence-electron chi connectivity index (χ4n) is 3.25. The normalized spacial score (nSPS) is 11.0. The number of nitro benzene ring substituents is 1. The van der Waals surface area contributed by atoms with Gasteiger partial charge in [0, 0.05) is 40.3 Å². The molecule has 0 fully saturated rings. The maximum absolute atomic E-state index is 12.2. The highest BCUT2D eigenvalue weighted by atomic mass is 16.6. The third-order valence-corrected chi connectivity index (χ3v) is 4.98. The molecule has 1 N–H and O–H groups in total. The van der Waals surface area contributed by atoms with Gasteiger partial charge >= 0.3 is 0 Å². The molecule has 7 heteroatoms. The van der Waals surface area contributed by atoms with Crippen molar-refractivity contribution in [3.05, 3.63) is 92.3 Å². The molecular formula is C22H22N4O3. The number of carbonyl (C=O) groups is 1. The number of aryl methyl sites for hydroxylation is 2. The van der Waals surface area contributed by atoms with E-state index in [1.54, 1.807) is 6.21 Å². The van der Waals surface area contributed by atoms with E-state index < -0.39 is 10.8 Å². The molecule has 0 bridgehead atoms. The molecule has 0 saturated heterocycles. The minimum Gasteiger partial charge on any atom is -0.318 e. The first kappa shape index (κ1) is 20.0. The van der Waals surface area contributed by atoms with Gasteiger partial charge in [-0.3, -0.25) is 14.9 Å². The number of nitro groups is 1. The van der Waals surface area contributed by atoms with Crippen molar-refractivity contribution in [2.75, 3.05) is 0 Å². The zero-order valence-electron chi connectivity index (χ0n) is 16.8. The number of hydrogen-bond donors (Lipinski definition) is 1. The van der Waals surface area contributed by atoms with E-state index in [1.807, 2.05) is 26.0 Å². The highest BCUT2D eigenvalue weighted by Gasteiger charge is 2.13. The van der Waals surface area contributed by atoms with Crippen molar-refractivity contribution in [2.45, 2.75) is 27.7 Å². The lowest BCUT2D eigenvalue weighted by atomic mass is 10.1. The first-order chi connectivity index (χ1) is 13.8. The molecular weight excluding hydrogens is 368 g/mol. The van der Waals surface area contributed by atoms with Gasteiger partial charge in [0.2, 0.25) is 0 Å². The van der Waals surface area contributed by atoms with Crippen LogP contribution >= 0.6 is 0 Å². The molecule has 0 unspecified atom stereocenters. The van der Waals surface area contributed by atoms with Crippen LogP contribution in [0.2, 0.25) is 0 Å². The van der Waals surface area contributed by atoms with Gasteiger partial charge in [-0.1, -0.05) is 18.2 Å². The minimum absolute atomic E-state index is 0.140. The van der Waals surface area contributed by atoms with Gasteiger partial charge in [-0.25, -0.2) is 5.43 Å². The number of carbonyl (C=O) groups excluding carboxylic acids is 1. The molecule has 2 aromatic carbocycles. The number of benzene rings is 2. The lowest BCUT2D eigenvalue weighted by molar-refractivity contribution is -0.384. The summed E-state index contributed by atoms with van der Waals surface area (Å²) in [6.45, 7) is 8.20. The lowest BCUT2D eigenvalue weighted by Crippen LogP contribution is -2.17. The van der Waals surface area contributed by atoms with Gasteiger partial charge in [0.25, 0.3) is 11.6 Å². The molecule has 148 valence electrons. The third kappa shape index (κ3) is 4.08. The Morgan fingerprint density at radius 1 is 1.10 bits per heavy atom. The predicted molar refractivity (Wildman–Crippen MR) is 113 cm³/mol. The Morgan fingerprint density at radius 2 is 1.83 bits per heavy atom. The Hall–Kier alpha value is -3.74. The third-order valence-electron chi connectivity index (χ3n) is 4.98. The zero-order valence-corrected chi connectivity index (χ0v) is 16.8. The largest absolute Gasteiger partial charge is 0.318 e. The van der Waals surface area contributed by atoms with E-state index >= 15 is 0 Å². The molecule has 0 aliphatic carbocycles. The molecule has 1 amide bonds. The Bertz CT molecular complexity index is 1130. The summed E-state index contributed by atoms with van der Waals surface area (Å²) in [5, 5.41) is 14.9. The molecule has 0 spiro atoms. The van der Waals surface area contributed by atoms with Gasteiger partial charge in [-0.05, 0) is 57.0 Å². The standard InChI is InChI=1S/C22H22N4O3/c1-14-7-5-10-21(16(14)3)25-15(2)11-19(17(25)4)13-23-24-22(27)18-8-6-9-20(12-18)26(28)29/h5-13H,1-4H3,(H,24,27)/b23-13-. The predicted octanol–water partition coefficient (Wildman–Crippen LogP) is 4.38. The summed E-state index contributed by atoms with van der Waals surface area (Å²) < 4.78 is 2.16. The number of hydrogen-bond acceptors (Lipinski definition) is 4. The Morgan fingerprint density at radius 3 is 2.55 bits per heavy atom. The topological polar surface area (TPSA) is 89.5 Å². The van der Waals surface area contributed by atoms with E-state index in [4.69, 9.17) is 0 Å². The second kappa shape index (κ2) is 8.10. The van der Waals surface area contributed by atoms with Crippen molar-refractivity contribution < 1.29 is 9.72 Å². The van der Waals surface area contributed by atoms with E-state index in [2.05, 4.69) is 41.1 Å². The number of non-ortho nitro benzene ring substituents is 1. The Kier molecular flexibility index (Phi) is 5.59. The first-order valence-electron chi connectivity index (χ1n) is 9.13. The maximum atomic E-state index is 12.2. The molecule has 0 aliphatic heterocycles. The lowest BCUT2D eigenvalue weighted by Gasteiger charge is -2.14. The van der Waals surface area contributed by atoms with Crippen LogP contribution in [0.15, 0.2) is 53.6 Å². The van der Waals surface area contributed by atoms with Crippen LogP contribution in [-0.2, 0) is 0 Å². The van der Waals surface area contributed by atoms with E-state index in [1.165, 1.54) is 35.4 Å². The van der Waals surface area contributed by atoms with E-state index in [-0.39, 0.29) is 11.3 Å². The van der Waals surface area contributed by atoms with Crippen LogP contribution in [0, 0.1) is 37.8 Å². The van der Waals surface area contributed by atoms with Crippen LogP contribution in [0.5, 0.6) is 0 Å². The van der Waals surface area contributed by atoms with Gasteiger partial charge in [-0.2, -0.15) is 5.10 Å². The molecule has 0 saturated carbocycles. The van der Waals surface area contributed by atoms with Gasteiger partial charge in [-0.15, -0.1) is 0 Å². The summed E-state index contributed by atoms with van der Waals surface area (Å²) in [6, 6.07) is 13.7. The van der Waals surface area contributed by atoms with Crippen molar-refractivity contribution in [1.29, 1.82) is 0 Å². The number of aromatic nitrogens is 1. The Labute approximate surface area is 168 Å². The summed E-state index contributed by atoms with van der Waals surface area (Å²) in [5.74, 6) is -0.506. The molecule has 0 radical (unpaired) electrons. The monoisotopic (exact) mass is 390 g/mol. The fourth-order valence-corrected chi connectivity index (χ4v) is 3.25. The number of hydrazone groups is 1. The molecule has 0 atom stereocenters. The molecule has 29 heavy (non-hydrogen) atoms. The quantitative estimate of drug-likeness (QED) is 0.398. The fraction of sp³-hybridized carbons (Fsp3) is 0.182. The molecule has 1 heterocycles. The SMILES string of the molecule is Cc1cccc(-n2c(C)cc(/C=N\NC(=O)c3cccc([N+](=O)[O-])c3)c2C)c1C. The number of rotatable bonds is 5. The van der Waals surface area contributed by atoms with Crippen molar-refractivity contribution in [3.8, 4) is 5.69 Å². The highest BCUT2D eigenvalue weighted by Crippen LogP contribution is 2.24. The van der Waals surface area contributed by atoms with Gasteiger partial charge in [0.05, 0.1) is 11.1 Å². The second-order valence-corrected chi connectivity index (χ2v) is 6.89. The van der Waals surface area contributed by atoms with Crippen LogP contribution in [0.4, 0.5) is 5.69 Å². The average molecular weight is 390 g/mol. The van der Waals surface area contributed by atoms with Gasteiger partial charge in [0.15, 0.2) is 0 Å². The van der Waals surface area contributed by atoms with Crippen molar-refractivity contribution in [2.24, 2.45) is 5.10 Å². The van der Waals surface area contributed by atoms with Crippen LogP contribution in [0.25, 0.3) is 5.69 Å². The molecule has 1 aromatic heterocycles. The summed E-state index contributed by atoms with van der Waals surface area (Å²) in [4.78, 5) is 22.5. The molecule has 3 rings (SSSR count). The molecule has 0 aliphatic rings. The first-order valence-corrected chi connectivity index (χ1v) is 9.13. The Balaban J connectivity index is 1.82. The van der Waals surface area contributed by atoms with Gasteiger partial charge in [0.1, 0.15) is 0 Å². The average Bonchev–Trinajstić information content (AvgIpc) is 2.97. The number of nitrogens with one attached hydrogen (secondary N) is 1. The smallest absolute Gasteiger partial charge is 0.271 e. The molecule has 7 nitrogen and oxygen atoms in total. The summed E-state index contributed by atoms with van der Waals surface area (Å²) >= 11 is 0. The maximum Gasteiger partial charge on any atom is 0.271 e. The molecule has 3 aromatic rings. The van der Waals surface area contributed by atoms with Crippen LogP contribution in [-0.4, -0.2) is 21.6 Å². The summed E-state index contributed by atoms with van der Waals surface area (Å²) in [5.41, 5.74) is 8.94. The van der Waals surface area contributed by atoms with Crippen LogP contribution < -0.4 is 5.43 Å². The van der Waals surface area contributed by atoms with Crippen molar-refractivity contribution in [3.63, 3.8) is 0 Å². The van der Waals surface area contributed by atoms with Gasteiger partial charge < -0.3 is 4.57 Å². The summed E-state index contributed by atoms with van der Waals surface area (Å²) in [7, 11) is 0. The minimum atomic E-state index is -0.539. The van der Waals surface area contributed by atoms with E-state index in [9.17, 15) is 14.9 Å². The van der Waals surface area contributed by atoms with E-state index in [0.717, 1.165) is 22.6 Å². The summed E-state index contributed by atoms with van der Waals surface area (Å²) in [6.07, 6.45) is 1.58. The van der Waals surface area contributed by atoms with Crippen molar-refractivity contribution >= 4 is 17.8 Å². The van der Waals surface area contributed by atoms with Crippen LogP contribution in [0.3, 0.4) is 0 Å². The highest BCUT2D eigenvalue weighted by molar-refractivity contribution is 5.95. The second-order valence-electron chi connectivity index (χ2n) is 6.89. The zero-order chi connectivity index (χ0) is 21.1. The van der Waals surface area contributed by atoms with Crippen LogP contribution in [0.1, 0.15) is 38.4 Å². The number of amides is 1. The van der Waals surface area contributed by atoms with E-state index in [0.29, 0.717) is 0 Å².